The second-order valence-corrected chi connectivity index (χ2v) is 8.19. The van der Waals surface area contributed by atoms with Crippen molar-refractivity contribution < 1.29 is 17.6 Å². The summed E-state index contributed by atoms with van der Waals surface area (Å²) in [6, 6.07) is 7.62. The molecule has 4 heterocycles. The van der Waals surface area contributed by atoms with Crippen LogP contribution in [0, 0.1) is 5.82 Å². The van der Waals surface area contributed by atoms with Crippen molar-refractivity contribution in [3.05, 3.63) is 64.4 Å². The average Bonchev–Trinajstić information content (AvgIpc) is 3.39. The maximum Gasteiger partial charge on any atom is 0.329 e. The van der Waals surface area contributed by atoms with E-state index in [2.05, 4.69) is 20.1 Å². The van der Waals surface area contributed by atoms with Gasteiger partial charge in [0.05, 0.1) is 28.8 Å². The Bertz CT molecular complexity index is 1340. The number of benzene rings is 1. The third kappa shape index (κ3) is 4.04. The highest BCUT2D eigenvalue weighted by Crippen LogP contribution is 2.27. The van der Waals surface area contributed by atoms with Crippen LogP contribution < -0.4 is 5.69 Å². The molecule has 11 heteroatoms. The number of imidazole rings is 1. The lowest BCUT2D eigenvalue weighted by Gasteiger charge is -2.29. The Hall–Kier alpha value is -3.47. The van der Waals surface area contributed by atoms with Gasteiger partial charge in [-0.15, -0.1) is 10.2 Å². The Balaban J connectivity index is 1.47. The highest BCUT2D eigenvalue weighted by molar-refractivity contribution is 5.76. The molecule has 0 bridgehead atoms. The van der Waals surface area contributed by atoms with Gasteiger partial charge in [-0.1, -0.05) is 0 Å². The zero-order valence-electron chi connectivity index (χ0n) is 17.8. The maximum absolute atomic E-state index is 14.1. The first-order valence-electron chi connectivity index (χ1n) is 10.6. The van der Waals surface area contributed by atoms with E-state index in [1.54, 1.807) is 27.3 Å². The van der Waals surface area contributed by atoms with Crippen molar-refractivity contribution >= 4 is 11.0 Å². The quantitative estimate of drug-likeness (QED) is 0.454. The van der Waals surface area contributed by atoms with Crippen molar-refractivity contribution in [1.29, 1.82) is 0 Å². The van der Waals surface area contributed by atoms with Crippen molar-refractivity contribution in [2.24, 2.45) is 0 Å². The topological polar surface area (TPSA) is 82.0 Å². The monoisotopic (exact) mass is 458 g/mol. The lowest BCUT2D eigenvalue weighted by atomic mass is 10.1. The molecule has 1 fully saturated rings. The second kappa shape index (κ2) is 8.47. The summed E-state index contributed by atoms with van der Waals surface area (Å²) in [7, 11) is 2.04. The summed E-state index contributed by atoms with van der Waals surface area (Å²) in [6.07, 6.45) is 0.198. The molecule has 1 aliphatic heterocycles. The lowest BCUT2D eigenvalue weighted by molar-refractivity contribution is 0.116. The molecule has 1 saturated heterocycles. The van der Waals surface area contributed by atoms with Crippen LogP contribution in [0.15, 0.2) is 45.7 Å². The van der Waals surface area contributed by atoms with Gasteiger partial charge in [-0.05, 0) is 63.3 Å². The second-order valence-electron chi connectivity index (χ2n) is 8.19. The first kappa shape index (κ1) is 21.4. The standard InChI is InChI=1S/C22H21F3N6O2/c1-29-8-6-16(7-9-29)31-18-10-14(23)3-5-17(18)30(22(31)32)12-15-4-2-13(11-26-15)20-27-28-21(33-20)19(24)25/h2-5,10-11,16,19H,6-9,12H2,1H3. The molecule has 0 N–H and O–H groups in total. The predicted octanol–water partition coefficient (Wildman–Crippen LogP) is 3.64. The van der Waals surface area contributed by atoms with Gasteiger partial charge in [0.1, 0.15) is 5.82 Å². The number of rotatable bonds is 5. The fraction of sp³-hybridized carbons (Fsp3) is 0.364. The third-order valence-corrected chi connectivity index (χ3v) is 6.00. The smallest absolute Gasteiger partial charge is 0.329 e. The van der Waals surface area contributed by atoms with Gasteiger partial charge < -0.3 is 9.32 Å². The summed E-state index contributed by atoms with van der Waals surface area (Å²) < 4.78 is 47.6. The van der Waals surface area contributed by atoms with E-state index in [1.165, 1.54) is 18.3 Å². The number of halogens is 3. The van der Waals surface area contributed by atoms with E-state index in [0.717, 1.165) is 25.9 Å². The van der Waals surface area contributed by atoms with Gasteiger partial charge in [0.25, 0.3) is 5.89 Å². The van der Waals surface area contributed by atoms with Crippen LogP contribution in [-0.2, 0) is 6.54 Å². The summed E-state index contributed by atoms with van der Waals surface area (Å²) in [5.74, 6) is -1.21. The normalized spacial score (nSPS) is 15.7. The van der Waals surface area contributed by atoms with Crippen molar-refractivity contribution in [2.45, 2.75) is 31.9 Å². The molecule has 3 aromatic heterocycles. The van der Waals surface area contributed by atoms with E-state index in [9.17, 15) is 18.0 Å². The summed E-state index contributed by atoms with van der Waals surface area (Å²) in [6.45, 7) is 1.91. The van der Waals surface area contributed by atoms with Crippen molar-refractivity contribution in [3.8, 4) is 11.5 Å². The molecule has 0 aliphatic carbocycles. The van der Waals surface area contributed by atoms with Gasteiger partial charge in [-0.25, -0.2) is 9.18 Å². The molecule has 0 amide bonds. The van der Waals surface area contributed by atoms with E-state index in [4.69, 9.17) is 4.42 Å². The van der Waals surface area contributed by atoms with E-state index >= 15 is 0 Å². The zero-order valence-corrected chi connectivity index (χ0v) is 17.8. The molecule has 33 heavy (non-hydrogen) atoms. The fourth-order valence-electron chi connectivity index (χ4n) is 4.26. The third-order valence-electron chi connectivity index (χ3n) is 6.00. The Morgan fingerprint density at radius 1 is 1.12 bits per heavy atom. The SMILES string of the molecule is CN1CCC(n2c(=O)n(Cc3ccc(-c4nnc(C(F)F)o4)cn3)c3ccc(F)cc32)CC1. The number of piperidine rings is 1. The Morgan fingerprint density at radius 2 is 1.91 bits per heavy atom. The number of fused-ring (bicyclic) bond motifs is 1. The minimum Gasteiger partial charge on any atom is -0.415 e. The number of hydrogen-bond acceptors (Lipinski definition) is 6. The van der Waals surface area contributed by atoms with Crippen LogP contribution in [0.4, 0.5) is 13.2 Å². The molecule has 172 valence electrons. The fourth-order valence-corrected chi connectivity index (χ4v) is 4.26. The molecule has 0 radical (unpaired) electrons. The van der Waals surface area contributed by atoms with E-state index < -0.39 is 18.1 Å². The molecular formula is C22H21F3N6O2. The Morgan fingerprint density at radius 3 is 2.58 bits per heavy atom. The lowest BCUT2D eigenvalue weighted by Crippen LogP contribution is -2.36. The molecule has 1 aromatic carbocycles. The summed E-state index contributed by atoms with van der Waals surface area (Å²) in [5, 5.41) is 6.92. The number of likely N-dealkylation sites (tertiary alicyclic amines) is 1. The molecule has 1 aliphatic rings. The van der Waals surface area contributed by atoms with Crippen LogP contribution in [0.5, 0.6) is 0 Å². The van der Waals surface area contributed by atoms with Gasteiger partial charge >= 0.3 is 12.1 Å². The minimum atomic E-state index is -2.85. The first-order chi connectivity index (χ1) is 15.9. The largest absolute Gasteiger partial charge is 0.415 e. The summed E-state index contributed by atoms with van der Waals surface area (Å²) in [5.41, 5.74) is 1.94. The van der Waals surface area contributed by atoms with Crippen molar-refractivity contribution in [3.63, 3.8) is 0 Å². The van der Waals surface area contributed by atoms with Crippen LogP contribution in [0.1, 0.15) is 36.9 Å². The molecule has 0 spiro atoms. The van der Waals surface area contributed by atoms with Gasteiger partial charge in [-0.3, -0.25) is 14.1 Å². The van der Waals surface area contributed by atoms with Crippen LogP contribution in [0.25, 0.3) is 22.5 Å². The van der Waals surface area contributed by atoms with Crippen LogP contribution in [-0.4, -0.2) is 49.4 Å². The average molecular weight is 458 g/mol. The van der Waals surface area contributed by atoms with Crippen molar-refractivity contribution in [1.82, 2.24) is 29.2 Å². The number of hydrogen-bond donors (Lipinski definition) is 0. The minimum absolute atomic E-state index is 0.00357. The van der Waals surface area contributed by atoms with Crippen LogP contribution >= 0.6 is 0 Å². The Kier molecular flexibility index (Phi) is 5.49. The van der Waals surface area contributed by atoms with Gasteiger partial charge in [0.15, 0.2) is 0 Å². The molecule has 4 aromatic rings. The molecule has 0 saturated carbocycles. The van der Waals surface area contributed by atoms with Crippen LogP contribution in [0.3, 0.4) is 0 Å². The number of nitrogens with zero attached hydrogens (tertiary/aromatic N) is 6. The summed E-state index contributed by atoms with van der Waals surface area (Å²) in [4.78, 5) is 19.9. The number of aromatic nitrogens is 5. The van der Waals surface area contributed by atoms with E-state index in [-0.39, 0.29) is 24.2 Å². The van der Waals surface area contributed by atoms with E-state index in [1.807, 2.05) is 7.05 Å². The summed E-state index contributed by atoms with van der Waals surface area (Å²) >= 11 is 0. The first-order valence-corrected chi connectivity index (χ1v) is 10.6. The number of alkyl halides is 2. The van der Waals surface area contributed by atoms with Gasteiger partial charge in [0, 0.05) is 12.2 Å². The maximum atomic E-state index is 14.1. The molecule has 8 nitrogen and oxygen atoms in total. The molecular weight excluding hydrogens is 437 g/mol. The highest BCUT2D eigenvalue weighted by Gasteiger charge is 2.24. The highest BCUT2D eigenvalue weighted by atomic mass is 19.3. The van der Waals surface area contributed by atoms with E-state index in [0.29, 0.717) is 22.3 Å². The Labute approximate surface area is 186 Å². The number of pyridine rings is 1. The van der Waals surface area contributed by atoms with Gasteiger partial charge in [-0.2, -0.15) is 8.78 Å². The predicted molar refractivity (Wildman–Crippen MR) is 114 cm³/mol. The molecule has 5 rings (SSSR count). The van der Waals surface area contributed by atoms with Crippen molar-refractivity contribution in [2.75, 3.05) is 20.1 Å². The van der Waals surface area contributed by atoms with Crippen LogP contribution in [0.2, 0.25) is 0 Å². The van der Waals surface area contributed by atoms with Gasteiger partial charge in [0.2, 0.25) is 5.89 Å². The molecule has 0 atom stereocenters. The molecule has 0 unspecified atom stereocenters. The zero-order chi connectivity index (χ0) is 23.1.